The highest BCUT2D eigenvalue weighted by molar-refractivity contribution is 7.88. The molecule has 3 saturated heterocycles. The zero-order valence-corrected chi connectivity index (χ0v) is 17.8. The molecule has 28 heavy (non-hydrogen) atoms. The number of amides is 2. The van der Waals surface area contributed by atoms with E-state index in [-0.39, 0.29) is 17.7 Å². The maximum absolute atomic E-state index is 12.9. The van der Waals surface area contributed by atoms with E-state index in [0.29, 0.717) is 45.8 Å². The SMILES string of the molecule is CS(=O)(=O)N1CCCC(C(=O)N2CCN(CC(=O)N3CCCCCC3)CC2)C1. The Labute approximate surface area is 168 Å². The van der Waals surface area contributed by atoms with Gasteiger partial charge in [0.15, 0.2) is 0 Å². The molecule has 0 spiro atoms. The predicted octanol–water partition coefficient (Wildman–Crippen LogP) is 0.205. The van der Waals surface area contributed by atoms with Crippen LogP contribution in [0.25, 0.3) is 0 Å². The van der Waals surface area contributed by atoms with Crippen LogP contribution in [0.3, 0.4) is 0 Å². The van der Waals surface area contributed by atoms with Crippen LogP contribution in [-0.2, 0) is 19.6 Å². The number of nitrogens with zero attached hydrogens (tertiary/aromatic N) is 4. The second kappa shape index (κ2) is 9.54. The maximum Gasteiger partial charge on any atom is 0.236 e. The lowest BCUT2D eigenvalue weighted by molar-refractivity contribution is -0.139. The van der Waals surface area contributed by atoms with Gasteiger partial charge in [0.25, 0.3) is 0 Å². The second-order valence-corrected chi connectivity index (χ2v) is 10.3. The van der Waals surface area contributed by atoms with E-state index < -0.39 is 10.0 Å². The Morgan fingerprint density at radius 2 is 1.46 bits per heavy atom. The highest BCUT2D eigenvalue weighted by Gasteiger charge is 2.34. The molecule has 2 amide bonds. The molecule has 3 aliphatic rings. The van der Waals surface area contributed by atoms with E-state index in [1.807, 2.05) is 9.80 Å². The Bertz CT molecular complexity index is 653. The molecule has 0 radical (unpaired) electrons. The van der Waals surface area contributed by atoms with Gasteiger partial charge in [-0.15, -0.1) is 0 Å². The normalized spacial score (nSPS) is 26.1. The number of piperidine rings is 1. The van der Waals surface area contributed by atoms with E-state index in [9.17, 15) is 18.0 Å². The summed E-state index contributed by atoms with van der Waals surface area (Å²) in [6.45, 7) is 5.61. The van der Waals surface area contributed by atoms with Crippen molar-refractivity contribution in [1.82, 2.24) is 19.0 Å². The Balaban J connectivity index is 1.45. The van der Waals surface area contributed by atoms with Gasteiger partial charge in [0, 0.05) is 52.4 Å². The quantitative estimate of drug-likeness (QED) is 0.657. The molecule has 0 N–H and O–H groups in total. The summed E-state index contributed by atoms with van der Waals surface area (Å²) in [7, 11) is -3.25. The Hall–Kier alpha value is -1.19. The average molecular weight is 415 g/mol. The molecule has 3 rings (SSSR count). The molecule has 1 atom stereocenters. The van der Waals surface area contributed by atoms with Gasteiger partial charge in [0.05, 0.1) is 18.7 Å². The first kappa shape index (κ1) is 21.5. The second-order valence-electron chi connectivity index (χ2n) is 8.36. The van der Waals surface area contributed by atoms with Crippen molar-refractivity contribution in [1.29, 1.82) is 0 Å². The first-order chi connectivity index (χ1) is 13.3. The van der Waals surface area contributed by atoms with E-state index in [1.165, 1.54) is 23.4 Å². The molecule has 3 fully saturated rings. The first-order valence-electron chi connectivity index (χ1n) is 10.6. The molecule has 0 aromatic carbocycles. The highest BCUT2D eigenvalue weighted by atomic mass is 32.2. The van der Waals surface area contributed by atoms with Gasteiger partial charge in [-0.05, 0) is 25.7 Å². The van der Waals surface area contributed by atoms with Crippen molar-refractivity contribution >= 4 is 21.8 Å². The summed E-state index contributed by atoms with van der Waals surface area (Å²) in [5.41, 5.74) is 0. The van der Waals surface area contributed by atoms with Gasteiger partial charge in [-0.3, -0.25) is 14.5 Å². The van der Waals surface area contributed by atoms with E-state index in [4.69, 9.17) is 0 Å². The predicted molar refractivity (Wildman–Crippen MR) is 107 cm³/mol. The fraction of sp³-hybridized carbons (Fsp3) is 0.895. The van der Waals surface area contributed by atoms with Crippen LogP contribution < -0.4 is 0 Å². The molecule has 0 aromatic rings. The number of piperazine rings is 1. The van der Waals surface area contributed by atoms with Gasteiger partial charge >= 0.3 is 0 Å². The smallest absolute Gasteiger partial charge is 0.236 e. The molecule has 3 aliphatic heterocycles. The van der Waals surface area contributed by atoms with Gasteiger partial charge in [-0.25, -0.2) is 12.7 Å². The van der Waals surface area contributed by atoms with E-state index in [0.717, 1.165) is 38.8 Å². The fourth-order valence-corrected chi connectivity index (χ4v) is 5.35. The van der Waals surface area contributed by atoms with Crippen LogP contribution in [0.4, 0.5) is 0 Å². The molecule has 8 nitrogen and oxygen atoms in total. The number of sulfonamides is 1. The maximum atomic E-state index is 12.9. The first-order valence-corrected chi connectivity index (χ1v) is 12.4. The van der Waals surface area contributed by atoms with Crippen molar-refractivity contribution < 1.29 is 18.0 Å². The zero-order chi connectivity index (χ0) is 20.1. The van der Waals surface area contributed by atoms with Crippen LogP contribution >= 0.6 is 0 Å². The minimum atomic E-state index is -3.25. The average Bonchev–Trinajstić information content (AvgIpc) is 2.97. The Morgan fingerprint density at radius 1 is 0.821 bits per heavy atom. The lowest BCUT2D eigenvalue weighted by atomic mass is 9.98. The van der Waals surface area contributed by atoms with Crippen molar-refractivity contribution in [3.8, 4) is 0 Å². The molecule has 0 bridgehead atoms. The topological polar surface area (TPSA) is 81.2 Å². The van der Waals surface area contributed by atoms with E-state index >= 15 is 0 Å². The highest BCUT2D eigenvalue weighted by Crippen LogP contribution is 2.21. The minimum absolute atomic E-state index is 0.0619. The van der Waals surface area contributed by atoms with Crippen LogP contribution in [0.5, 0.6) is 0 Å². The van der Waals surface area contributed by atoms with Gasteiger partial charge in [-0.2, -0.15) is 0 Å². The van der Waals surface area contributed by atoms with E-state index in [2.05, 4.69) is 4.90 Å². The number of carbonyl (C=O) groups excluding carboxylic acids is 2. The molecule has 9 heteroatoms. The van der Waals surface area contributed by atoms with Crippen LogP contribution in [0, 0.1) is 5.92 Å². The summed E-state index contributed by atoms with van der Waals surface area (Å²) >= 11 is 0. The molecular weight excluding hydrogens is 380 g/mol. The number of hydrogen-bond donors (Lipinski definition) is 0. The van der Waals surface area contributed by atoms with Gasteiger partial charge in [0.1, 0.15) is 0 Å². The number of hydrogen-bond acceptors (Lipinski definition) is 5. The minimum Gasteiger partial charge on any atom is -0.342 e. The molecule has 3 heterocycles. The molecule has 0 aromatic heterocycles. The lowest BCUT2D eigenvalue weighted by Crippen LogP contribution is -2.54. The van der Waals surface area contributed by atoms with Crippen LogP contribution in [0.2, 0.25) is 0 Å². The zero-order valence-electron chi connectivity index (χ0n) is 17.0. The summed E-state index contributed by atoms with van der Waals surface area (Å²) < 4.78 is 25.0. The summed E-state index contributed by atoms with van der Waals surface area (Å²) in [5, 5.41) is 0. The molecule has 0 aliphatic carbocycles. The summed E-state index contributed by atoms with van der Waals surface area (Å²) in [5.74, 6) is 0.0263. The Morgan fingerprint density at radius 3 is 2.07 bits per heavy atom. The molecule has 160 valence electrons. The molecule has 0 saturated carbocycles. The number of rotatable bonds is 4. The Kier molecular flexibility index (Phi) is 7.33. The molecule has 1 unspecified atom stereocenters. The van der Waals surface area contributed by atoms with Gasteiger partial charge in [0.2, 0.25) is 21.8 Å². The summed E-state index contributed by atoms with van der Waals surface area (Å²) in [6.07, 6.45) is 7.30. The van der Waals surface area contributed by atoms with Crippen LogP contribution in [0.15, 0.2) is 0 Å². The standard InChI is InChI=1S/C19H34N4O4S/c1-28(26,27)23-10-6-7-17(15-23)19(25)22-13-11-20(12-14-22)16-18(24)21-8-4-2-3-5-9-21/h17H,2-16H2,1H3. The van der Waals surface area contributed by atoms with Gasteiger partial charge in [-0.1, -0.05) is 12.8 Å². The van der Waals surface area contributed by atoms with Crippen molar-refractivity contribution in [3.63, 3.8) is 0 Å². The van der Waals surface area contributed by atoms with Crippen molar-refractivity contribution in [2.24, 2.45) is 5.92 Å². The van der Waals surface area contributed by atoms with E-state index in [1.54, 1.807) is 0 Å². The monoisotopic (exact) mass is 414 g/mol. The summed E-state index contributed by atoms with van der Waals surface area (Å²) in [4.78, 5) is 31.4. The van der Waals surface area contributed by atoms with Crippen molar-refractivity contribution in [2.75, 3.05) is 65.2 Å². The van der Waals surface area contributed by atoms with Crippen LogP contribution in [-0.4, -0.2) is 104 Å². The third-order valence-corrected chi connectivity index (χ3v) is 7.47. The van der Waals surface area contributed by atoms with Gasteiger partial charge < -0.3 is 9.80 Å². The number of carbonyl (C=O) groups is 2. The lowest BCUT2D eigenvalue weighted by Gasteiger charge is -2.38. The third kappa shape index (κ3) is 5.67. The molecular formula is C19H34N4O4S. The van der Waals surface area contributed by atoms with Crippen LogP contribution in [0.1, 0.15) is 38.5 Å². The van der Waals surface area contributed by atoms with Crippen molar-refractivity contribution in [2.45, 2.75) is 38.5 Å². The summed E-state index contributed by atoms with van der Waals surface area (Å²) in [6, 6.07) is 0. The third-order valence-electron chi connectivity index (χ3n) is 6.20. The van der Waals surface area contributed by atoms with Crippen molar-refractivity contribution in [3.05, 3.63) is 0 Å². The number of likely N-dealkylation sites (tertiary alicyclic amines) is 1. The fourth-order valence-electron chi connectivity index (χ4n) is 4.44. The largest absolute Gasteiger partial charge is 0.342 e.